The van der Waals surface area contributed by atoms with Gasteiger partial charge in [0.05, 0.1) is 0 Å². The van der Waals surface area contributed by atoms with E-state index in [2.05, 4.69) is 0 Å². The van der Waals surface area contributed by atoms with Gasteiger partial charge in [0.15, 0.2) is 0 Å². The van der Waals surface area contributed by atoms with Crippen molar-refractivity contribution in [1.82, 2.24) is 0 Å². The van der Waals surface area contributed by atoms with E-state index in [-0.39, 0.29) is 5.12 Å². The molecule has 0 aliphatic carbocycles. The number of carbonyl (C=O) groups is 2. The molecule has 1 rings (SSSR count). The molecule has 0 radical (unpaired) electrons. The predicted octanol–water partition coefficient (Wildman–Crippen LogP) is 0.741. The van der Waals surface area contributed by atoms with E-state index >= 15 is 0 Å². The van der Waals surface area contributed by atoms with E-state index in [1.807, 2.05) is 0 Å². The van der Waals surface area contributed by atoms with Gasteiger partial charge in [0.25, 0.3) is 0 Å². The highest BCUT2D eigenvalue weighted by Crippen LogP contribution is 2.24. The van der Waals surface area contributed by atoms with E-state index < -0.39 is 11.9 Å². The van der Waals surface area contributed by atoms with Crippen LogP contribution in [-0.2, 0) is 9.59 Å². The Kier molecular flexibility index (Phi) is 2.32. The minimum Gasteiger partial charge on any atom is -0.481 e. The van der Waals surface area contributed by atoms with Crippen LogP contribution in [0.1, 0.15) is 12.8 Å². The van der Waals surface area contributed by atoms with Crippen LogP contribution in [0.15, 0.2) is 0 Å². The summed E-state index contributed by atoms with van der Waals surface area (Å²) in [5.74, 6) is -0.932. The zero-order valence-corrected chi connectivity index (χ0v) is 6.19. The quantitative estimate of drug-likeness (QED) is 0.575. The average molecular weight is 160 g/mol. The lowest BCUT2D eigenvalue weighted by atomic mass is 10.1. The molecule has 1 aliphatic heterocycles. The van der Waals surface area contributed by atoms with Crippen molar-refractivity contribution >= 4 is 22.8 Å². The number of hydrogen-bond acceptors (Lipinski definition) is 3. The topological polar surface area (TPSA) is 54.4 Å². The van der Waals surface area contributed by atoms with Crippen LogP contribution >= 0.6 is 11.8 Å². The molecule has 1 saturated heterocycles. The van der Waals surface area contributed by atoms with Crippen LogP contribution in [0.4, 0.5) is 0 Å². The summed E-state index contributed by atoms with van der Waals surface area (Å²) < 4.78 is 0. The van der Waals surface area contributed by atoms with Crippen LogP contribution < -0.4 is 0 Å². The third kappa shape index (κ3) is 1.50. The van der Waals surface area contributed by atoms with Crippen LogP contribution in [0, 0.1) is 5.92 Å². The summed E-state index contributed by atoms with van der Waals surface area (Å²) in [5, 5.41) is 8.29. The van der Waals surface area contributed by atoms with Gasteiger partial charge in [-0.05, 0) is 12.8 Å². The van der Waals surface area contributed by atoms with Gasteiger partial charge in [-0.2, -0.15) is 0 Å². The fourth-order valence-corrected chi connectivity index (χ4v) is 1.83. The maximum atomic E-state index is 10.8. The molecule has 0 aromatic rings. The average Bonchev–Trinajstić information content (AvgIpc) is 1.88. The van der Waals surface area contributed by atoms with E-state index in [0.717, 1.165) is 23.9 Å². The second-order valence-corrected chi connectivity index (χ2v) is 3.30. The maximum Gasteiger partial charge on any atom is 0.314 e. The number of thioether (sulfide) groups is 1. The molecular weight excluding hydrogens is 152 g/mol. The number of rotatable bonds is 1. The largest absolute Gasteiger partial charge is 0.481 e. The highest BCUT2D eigenvalue weighted by atomic mass is 32.2. The molecule has 1 atom stereocenters. The molecule has 0 spiro atoms. The molecule has 4 heteroatoms. The summed E-state index contributed by atoms with van der Waals surface area (Å²) in [6.07, 6.45) is 1.36. The standard InChI is InChI=1S/C6H8O3S/c7-5(8)4-2-1-3-10-6(4)9/h4H,1-3H2,(H,7,8). The summed E-state index contributed by atoms with van der Waals surface area (Å²) in [4.78, 5) is 21.1. The molecule has 3 nitrogen and oxygen atoms in total. The number of carboxylic acids is 1. The van der Waals surface area contributed by atoms with Crippen LogP contribution in [0.5, 0.6) is 0 Å². The highest BCUT2D eigenvalue weighted by Gasteiger charge is 2.28. The van der Waals surface area contributed by atoms with Gasteiger partial charge in [-0.3, -0.25) is 9.59 Å². The summed E-state index contributed by atoms with van der Waals surface area (Å²) in [6.45, 7) is 0. The predicted molar refractivity (Wildman–Crippen MR) is 37.8 cm³/mol. The van der Waals surface area contributed by atoms with Crippen molar-refractivity contribution in [2.45, 2.75) is 12.8 Å². The van der Waals surface area contributed by atoms with Crippen LogP contribution in [0.2, 0.25) is 0 Å². The number of carbonyl (C=O) groups excluding carboxylic acids is 1. The molecule has 56 valence electrons. The Labute approximate surface area is 62.8 Å². The normalized spacial score (nSPS) is 26.4. The van der Waals surface area contributed by atoms with Crippen molar-refractivity contribution in [3.8, 4) is 0 Å². The fraction of sp³-hybridized carbons (Fsp3) is 0.667. The second-order valence-electron chi connectivity index (χ2n) is 2.20. The summed E-state index contributed by atoms with van der Waals surface area (Å²) >= 11 is 1.13. The van der Waals surface area contributed by atoms with Gasteiger partial charge >= 0.3 is 5.97 Å². The monoisotopic (exact) mass is 160 g/mol. The van der Waals surface area contributed by atoms with E-state index in [1.165, 1.54) is 0 Å². The van der Waals surface area contributed by atoms with Gasteiger partial charge in [0, 0.05) is 5.75 Å². The Morgan fingerprint density at radius 2 is 2.40 bits per heavy atom. The van der Waals surface area contributed by atoms with Gasteiger partial charge in [-0.15, -0.1) is 0 Å². The van der Waals surface area contributed by atoms with Crippen molar-refractivity contribution < 1.29 is 14.7 Å². The first-order valence-electron chi connectivity index (χ1n) is 3.11. The Hall–Kier alpha value is -0.510. The Bertz CT molecular complexity index is 166. The van der Waals surface area contributed by atoms with Crippen molar-refractivity contribution in [1.29, 1.82) is 0 Å². The van der Waals surface area contributed by atoms with E-state index in [4.69, 9.17) is 5.11 Å². The first-order valence-corrected chi connectivity index (χ1v) is 4.10. The molecule has 0 saturated carbocycles. The third-order valence-electron chi connectivity index (χ3n) is 1.46. The number of aliphatic carboxylic acids is 1. The van der Waals surface area contributed by atoms with Crippen molar-refractivity contribution in [2.75, 3.05) is 5.75 Å². The molecule has 0 amide bonds. The van der Waals surface area contributed by atoms with Crippen molar-refractivity contribution in [3.05, 3.63) is 0 Å². The van der Waals surface area contributed by atoms with E-state index in [0.29, 0.717) is 6.42 Å². The molecule has 10 heavy (non-hydrogen) atoms. The fourth-order valence-electron chi connectivity index (χ4n) is 0.903. The van der Waals surface area contributed by atoms with Crippen molar-refractivity contribution in [3.63, 3.8) is 0 Å². The zero-order valence-electron chi connectivity index (χ0n) is 5.37. The molecule has 1 aliphatic rings. The number of carboxylic acid groups (broad SMARTS) is 1. The third-order valence-corrected chi connectivity index (χ3v) is 2.53. The van der Waals surface area contributed by atoms with Gasteiger partial charge in [-0.25, -0.2) is 0 Å². The SMILES string of the molecule is O=C(O)C1CCCSC1=O. The highest BCUT2D eigenvalue weighted by molar-refractivity contribution is 8.13. The Morgan fingerprint density at radius 3 is 2.80 bits per heavy atom. The molecule has 1 unspecified atom stereocenters. The minimum atomic E-state index is -0.975. The molecule has 0 bridgehead atoms. The first-order chi connectivity index (χ1) is 4.72. The summed E-state index contributed by atoms with van der Waals surface area (Å²) in [7, 11) is 0. The second kappa shape index (κ2) is 3.05. The van der Waals surface area contributed by atoms with Crippen LogP contribution in [0.25, 0.3) is 0 Å². The van der Waals surface area contributed by atoms with Crippen LogP contribution in [0.3, 0.4) is 0 Å². The lowest BCUT2D eigenvalue weighted by molar-refractivity contribution is -0.144. The summed E-state index contributed by atoms with van der Waals surface area (Å²) in [5.41, 5.74) is 0. The molecule has 1 heterocycles. The molecule has 0 aromatic heterocycles. The first kappa shape index (κ1) is 7.60. The maximum absolute atomic E-state index is 10.8. The number of hydrogen-bond donors (Lipinski definition) is 1. The minimum absolute atomic E-state index is 0.182. The Balaban J connectivity index is 2.56. The van der Waals surface area contributed by atoms with E-state index in [9.17, 15) is 9.59 Å². The van der Waals surface area contributed by atoms with E-state index in [1.54, 1.807) is 0 Å². The zero-order chi connectivity index (χ0) is 7.56. The van der Waals surface area contributed by atoms with Gasteiger partial charge < -0.3 is 5.11 Å². The molecular formula is C6H8O3S. The van der Waals surface area contributed by atoms with Gasteiger partial charge in [0.1, 0.15) is 5.92 Å². The van der Waals surface area contributed by atoms with Crippen LogP contribution in [-0.4, -0.2) is 21.9 Å². The molecule has 1 fully saturated rings. The lowest BCUT2D eigenvalue weighted by Gasteiger charge is -2.14. The summed E-state index contributed by atoms with van der Waals surface area (Å²) in [6, 6.07) is 0. The van der Waals surface area contributed by atoms with Gasteiger partial charge in [0.2, 0.25) is 5.12 Å². The lowest BCUT2D eigenvalue weighted by Crippen LogP contribution is -2.24. The van der Waals surface area contributed by atoms with Crippen molar-refractivity contribution in [2.24, 2.45) is 5.92 Å². The molecule has 1 N–H and O–H groups in total. The van der Waals surface area contributed by atoms with Gasteiger partial charge in [-0.1, -0.05) is 11.8 Å². The Morgan fingerprint density at radius 1 is 1.70 bits per heavy atom. The molecule has 0 aromatic carbocycles. The smallest absolute Gasteiger partial charge is 0.314 e.